The van der Waals surface area contributed by atoms with Crippen LogP contribution >= 0.6 is 0 Å². The van der Waals surface area contributed by atoms with Crippen molar-refractivity contribution >= 4 is 11.8 Å². The molecule has 2 bridgehead atoms. The lowest BCUT2D eigenvalue weighted by atomic mass is 9.45. The third-order valence-electron chi connectivity index (χ3n) is 11.9. The normalized spacial score (nSPS) is 29.1. The number of amides is 2. The molecule has 49 heavy (non-hydrogen) atoms. The molecule has 11 nitrogen and oxygen atoms in total. The first-order valence-corrected chi connectivity index (χ1v) is 17.8. The van der Waals surface area contributed by atoms with Crippen molar-refractivity contribution in [2.75, 3.05) is 47.5 Å². The van der Waals surface area contributed by atoms with Crippen molar-refractivity contribution in [2.45, 2.75) is 77.8 Å². The second kappa shape index (κ2) is 14.2. The number of aliphatic hydroxyl groups excluding tert-OH is 2. The smallest absolute Gasteiger partial charge is 0.255 e. The lowest BCUT2D eigenvalue weighted by Crippen LogP contribution is -2.62. The zero-order valence-electron chi connectivity index (χ0n) is 30.0. The van der Waals surface area contributed by atoms with Crippen molar-refractivity contribution < 1.29 is 34.1 Å². The van der Waals surface area contributed by atoms with Gasteiger partial charge in [0.15, 0.2) is 0 Å². The van der Waals surface area contributed by atoms with E-state index >= 15 is 0 Å². The van der Waals surface area contributed by atoms with E-state index in [0.29, 0.717) is 60.9 Å². The molecule has 8 atom stereocenters. The highest BCUT2D eigenvalue weighted by Crippen LogP contribution is 2.61. The van der Waals surface area contributed by atoms with Gasteiger partial charge in [0, 0.05) is 42.6 Å². The number of hydrogen-bond donors (Lipinski definition) is 4. The summed E-state index contributed by atoms with van der Waals surface area (Å²) in [6, 6.07) is 8.92. The second-order valence-electron chi connectivity index (χ2n) is 15.4. The molecule has 2 aliphatic heterocycles. The van der Waals surface area contributed by atoms with Crippen LogP contribution in [-0.2, 0) is 22.6 Å². The minimum absolute atomic E-state index is 0.0462. The van der Waals surface area contributed by atoms with E-state index in [-0.39, 0.29) is 36.4 Å². The van der Waals surface area contributed by atoms with Crippen LogP contribution < -0.4 is 20.1 Å². The summed E-state index contributed by atoms with van der Waals surface area (Å²) in [6.45, 7) is 10.1. The predicted molar refractivity (Wildman–Crippen MR) is 186 cm³/mol. The first kappa shape index (κ1) is 35.6. The number of carbonyl (C=O) groups excluding carboxylic acids is 2. The van der Waals surface area contributed by atoms with E-state index in [4.69, 9.17) is 14.3 Å². The first-order chi connectivity index (χ1) is 23.3. The molecule has 0 spiro atoms. The third kappa shape index (κ3) is 6.68. The molecule has 2 aromatic carbocycles. The van der Waals surface area contributed by atoms with E-state index in [2.05, 4.69) is 31.4 Å². The summed E-state index contributed by atoms with van der Waals surface area (Å²) in [5.74, 6) is 1.67. The fourth-order valence-electron chi connectivity index (χ4n) is 8.95. The van der Waals surface area contributed by atoms with E-state index in [0.717, 1.165) is 28.7 Å². The second-order valence-corrected chi connectivity index (χ2v) is 15.4. The Morgan fingerprint density at radius 3 is 2.63 bits per heavy atom. The number of benzene rings is 2. The molecule has 4 N–H and O–H groups in total. The van der Waals surface area contributed by atoms with E-state index in [9.17, 15) is 19.8 Å². The van der Waals surface area contributed by atoms with Crippen LogP contribution in [0.5, 0.6) is 11.5 Å². The third-order valence-corrected chi connectivity index (χ3v) is 11.9. The minimum atomic E-state index is -0.891. The predicted octanol–water partition coefficient (Wildman–Crippen LogP) is 3.25. The molecular formula is C38H54N4O7. The molecule has 2 heterocycles. The lowest BCUT2D eigenvalue weighted by Gasteiger charge is -2.62. The number of nitrogens with zero attached hydrogens (tertiary/aromatic N) is 2. The van der Waals surface area contributed by atoms with Gasteiger partial charge >= 0.3 is 0 Å². The topological polar surface area (TPSA) is 133 Å². The molecule has 5 aliphatic rings. The minimum Gasteiger partial charge on any atom is -0.496 e. The van der Waals surface area contributed by atoms with Gasteiger partial charge < -0.3 is 35.2 Å². The number of carbonyl (C=O) groups is 2. The summed E-state index contributed by atoms with van der Waals surface area (Å²) in [6.07, 6.45) is 1.20. The molecular weight excluding hydrogens is 624 g/mol. The number of rotatable bonds is 12. The van der Waals surface area contributed by atoms with Crippen molar-refractivity contribution in [1.29, 1.82) is 0 Å². The highest BCUT2D eigenvalue weighted by atomic mass is 16.7. The maximum absolute atomic E-state index is 14.2. The molecule has 268 valence electrons. The Balaban J connectivity index is 1.28. The summed E-state index contributed by atoms with van der Waals surface area (Å²) in [4.78, 5) is 35.8. The number of nitrogens with one attached hydrogen (secondary N) is 2. The average molecular weight is 679 g/mol. The number of hydroxylamine groups is 2. The van der Waals surface area contributed by atoms with Crippen LogP contribution in [0.25, 0.3) is 11.1 Å². The maximum Gasteiger partial charge on any atom is 0.255 e. The van der Waals surface area contributed by atoms with Crippen LogP contribution in [-0.4, -0.2) is 104 Å². The monoisotopic (exact) mass is 678 g/mol. The van der Waals surface area contributed by atoms with Gasteiger partial charge in [-0.15, -0.1) is 0 Å². The fraction of sp³-hybridized carbons (Fsp3) is 0.632. The van der Waals surface area contributed by atoms with Gasteiger partial charge in [-0.3, -0.25) is 14.4 Å². The zero-order chi connectivity index (χ0) is 35.2. The summed E-state index contributed by atoms with van der Waals surface area (Å²) in [7, 11) is 5.53. The number of aliphatic hydroxyl groups is 2. The number of ether oxygens (including phenoxy) is 2. The Kier molecular flexibility index (Phi) is 10.3. The summed E-state index contributed by atoms with van der Waals surface area (Å²) >= 11 is 0. The molecule has 0 radical (unpaired) electrons. The van der Waals surface area contributed by atoms with Crippen LogP contribution in [0, 0.1) is 29.1 Å². The van der Waals surface area contributed by atoms with Crippen molar-refractivity contribution in [3.63, 3.8) is 0 Å². The molecule has 7 rings (SSSR count). The number of hydrogen-bond acceptors (Lipinski definition) is 9. The van der Waals surface area contributed by atoms with Crippen LogP contribution in [0.1, 0.15) is 62.0 Å². The number of para-hydroxylation sites is 1. The Labute approximate surface area is 290 Å². The lowest BCUT2D eigenvalue weighted by molar-refractivity contribution is -0.183. The Hall–Kier alpha value is -3.22. The fourth-order valence-corrected chi connectivity index (χ4v) is 8.95. The van der Waals surface area contributed by atoms with Gasteiger partial charge in [-0.1, -0.05) is 39.0 Å². The molecule has 11 heteroatoms. The highest BCUT2D eigenvalue weighted by molar-refractivity contribution is 5.99. The van der Waals surface area contributed by atoms with Gasteiger partial charge in [0.2, 0.25) is 5.91 Å². The van der Waals surface area contributed by atoms with E-state index in [1.807, 2.05) is 49.3 Å². The maximum atomic E-state index is 14.2. The zero-order valence-corrected chi connectivity index (χ0v) is 30.0. The Bertz CT molecular complexity index is 1540. The molecule has 3 saturated carbocycles. The van der Waals surface area contributed by atoms with Crippen molar-refractivity contribution in [2.24, 2.45) is 29.1 Å². The van der Waals surface area contributed by atoms with E-state index in [1.54, 1.807) is 19.1 Å². The average Bonchev–Trinajstić information content (AvgIpc) is 3.69. The summed E-state index contributed by atoms with van der Waals surface area (Å²) in [5.41, 5.74) is 4.12. The largest absolute Gasteiger partial charge is 0.496 e. The standard InChI is InChI=1S/C38H54N4O7/c1-21-29-17-26(38(29,3)4)18-30(21)40-37(46)33-32(22(2)44)31(20-43)49-42(33)19-24-9-8-10-27(34(24)47-7)25-15-23-11-14-48-35(23)28(16-25)36(45)39-12-13-41(5)6/h8-10,15-16,21-22,26,29-33,43-44H,11-14,17-20H2,1-7H3,(H,39,45)(H,40,46)/t21-,22-,26-,29-,30-,31-,32+,33-/m0/s1. The number of fused-ring (bicyclic) bond motifs is 3. The Morgan fingerprint density at radius 2 is 1.98 bits per heavy atom. The Morgan fingerprint density at radius 1 is 1.20 bits per heavy atom. The number of likely N-dealkylation sites (N-methyl/N-ethyl adjacent to an activating group) is 1. The van der Waals surface area contributed by atoms with Gasteiger partial charge in [-0.25, -0.2) is 0 Å². The number of methoxy groups -OCH3 is 1. The van der Waals surface area contributed by atoms with Crippen LogP contribution in [0.4, 0.5) is 0 Å². The summed E-state index contributed by atoms with van der Waals surface area (Å²) < 4.78 is 11.9. The van der Waals surface area contributed by atoms with Crippen molar-refractivity contribution in [3.8, 4) is 22.6 Å². The van der Waals surface area contributed by atoms with Crippen molar-refractivity contribution in [1.82, 2.24) is 20.6 Å². The summed E-state index contributed by atoms with van der Waals surface area (Å²) in [5, 5.41) is 29.1. The first-order valence-electron chi connectivity index (χ1n) is 17.8. The van der Waals surface area contributed by atoms with Gasteiger partial charge in [0.25, 0.3) is 5.91 Å². The molecule has 0 unspecified atom stereocenters. The molecule has 0 aromatic heterocycles. The van der Waals surface area contributed by atoms with Crippen LogP contribution in [0.2, 0.25) is 0 Å². The van der Waals surface area contributed by atoms with Gasteiger partial charge in [-0.05, 0) is 80.3 Å². The quantitative estimate of drug-likeness (QED) is 0.267. The molecule has 3 aliphatic carbocycles. The van der Waals surface area contributed by atoms with E-state index < -0.39 is 24.2 Å². The van der Waals surface area contributed by atoms with Gasteiger partial charge in [0.05, 0.1) is 38.5 Å². The SMILES string of the molecule is COc1c(CN2O[C@@H](CO)[C@@H]([C@H](C)O)[C@H]2C(=O)N[C@H]2C[C@@H]3C[C@@H]([C@@H]2C)C3(C)C)cccc1-c1cc2c(c(C(=O)NCCN(C)C)c1)OCC2. The van der Waals surface area contributed by atoms with Gasteiger partial charge in [-0.2, -0.15) is 5.06 Å². The highest BCUT2D eigenvalue weighted by Gasteiger charge is 2.57. The van der Waals surface area contributed by atoms with Crippen LogP contribution in [0.15, 0.2) is 30.3 Å². The van der Waals surface area contributed by atoms with Gasteiger partial charge in [0.1, 0.15) is 23.6 Å². The van der Waals surface area contributed by atoms with Crippen molar-refractivity contribution in [3.05, 3.63) is 47.0 Å². The molecule has 2 aromatic rings. The van der Waals surface area contributed by atoms with E-state index in [1.165, 1.54) is 6.42 Å². The van der Waals surface area contributed by atoms with Crippen LogP contribution in [0.3, 0.4) is 0 Å². The molecule has 1 saturated heterocycles. The molecule has 4 fully saturated rings. The molecule has 2 amide bonds.